The summed E-state index contributed by atoms with van der Waals surface area (Å²) in [6, 6.07) is 1.09. The van der Waals surface area contributed by atoms with E-state index in [4.69, 9.17) is 0 Å². The molecule has 2 atom stereocenters. The Morgan fingerprint density at radius 3 is 2.38 bits per heavy atom. The van der Waals surface area contributed by atoms with Gasteiger partial charge < -0.3 is 10.4 Å². The van der Waals surface area contributed by atoms with Gasteiger partial charge in [-0.25, -0.2) is 8.42 Å². The summed E-state index contributed by atoms with van der Waals surface area (Å²) in [6.07, 6.45) is 6.86. The van der Waals surface area contributed by atoms with Crippen LogP contribution in [0, 0.1) is 0 Å². The van der Waals surface area contributed by atoms with E-state index in [9.17, 15) is 13.5 Å². The van der Waals surface area contributed by atoms with Crippen LogP contribution in [0.15, 0.2) is 0 Å². The summed E-state index contributed by atoms with van der Waals surface area (Å²) in [5.74, 6) is 0. The number of nitrogens with one attached hydrogen (secondary N) is 1. The van der Waals surface area contributed by atoms with Crippen molar-refractivity contribution >= 4 is 10.0 Å². The van der Waals surface area contributed by atoms with Gasteiger partial charge in [0.1, 0.15) is 0 Å². The van der Waals surface area contributed by atoms with Gasteiger partial charge in [-0.15, -0.1) is 0 Å². The molecule has 2 saturated carbocycles. The summed E-state index contributed by atoms with van der Waals surface area (Å²) in [7, 11) is -3.05. The lowest BCUT2D eigenvalue weighted by atomic mass is 9.98. The number of nitrogens with zero attached hydrogens (tertiary/aromatic N) is 2. The molecule has 3 aliphatic rings. The van der Waals surface area contributed by atoms with Crippen LogP contribution in [0.4, 0.5) is 0 Å². The number of hydrogen-bond acceptors (Lipinski definition) is 5. The van der Waals surface area contributed by atoms with E-state index < -0.39 is 10.0 Å². The molecule has 1 heterocycles. The standard InChI is InChI=1S/C14H27N3O3S/c1-21(19,20)17-8-6-16(7-9-17)13-4-5-14(10-13,11-18)15-12-2-3-12/h12-13,15,18H,2-11H2,1H3. The summed E-state index contributed by atoms with van der Waals surface area (Å²) in [5, 5.41) is 13.4. The van der Waals surface area contributed by atoms with Gasteiger partial charge in [0.05, 0.1) is 12.9 Å². The molecule has 1 saturated heterocycles. The number of piperazine rings is 1. The van der Waals surface area contributed by atoms with Crippen LogP contribution in [0.2, 0.25) is 0 Å². The van der Waals surface area contributed by atoms with Crippen molar-refractivity contribution in [3.05, 3.63) is 0 Å². The second kappa shape index (κ2) is 5.77. The molecule has 0 aromatic carbocycles. The van der Waals surface area contributed by atoms with E-state index in [1.807, 2.05) is 0 Å². The molecule has 122 valence electrons. The minimum atomic E-state index is -3.05. The second-order valence-electron chi connectivity index (χ2n) is 6.95. The zero-order valence-corrected chi connectivity index (χ0v) is 13.6. The summed E-state index contributed by atoms with van der Waals surface area (Å²) in [6.45, 7) is 3.02. The molecule has 6 nitrogen and oxygen atoms in total. The highest BCUT2D eigenvalue weighted by molar-refractivity contribution is 7.88. The van der Waals surface area contributed by atoms with Gasteiger partial charge in [0.2, 0.25) is 10.0 Å². The molecular formula is C14H27N3O3S. The van der Waals surface area contributed by atoms with Crippen LogP contribution in [0.3, 0.4) is 0 Å². The predicted octanol–water partition coefficient (Wildman–Crippen LogP) is -0.401. The highest BCUT2D eigenvalue weighted by Gasteiger charge is 2.44. The van der Waals surface area contributed by atoms with Gasteiger partial charge in [0.25, 0.3) is 0 Å². The molecule has 2 N–H and O–H groups in total. The Bertz CT molecular complexity index is 472. The van der Waals surface area contributed by atoms with Gasteiger partial charge in [-0.1, -0.05) is 0 Å². The van der Waals surface area contributed by atoms with Crippen molar-refractivity contribution in [2.24, 2.45) is 0 Å². The maximum Gasteiger partial charge on any atom is 0.211 e. The Labute approximate surface area is 127 Å². The molecule has 2 aliphatic carbocycles. The molecule has 21 heavy (non-hydrogen) atoms. The lowest BCUT2D eigenvalue weighted by Crippen LogP contribution is -2.53. The molecule has 0 bridgehead atoms. The van der Waals surface area contributed by atoms with Crippen molar-refractivity contribution in [3.8, 4) is 0 Å². The van der Waals surface area contributed by atoms with E-state index in [0.717, 1.165) is 32.4 Å². The topological polar surface area (TPSA) is 72.9 Å². The van der Waals surface area contributed by atoms with Gasteiger partial charge in [0, 0.05) is 43.8 Å². The van der Waals surface area contributed by atoms with Crippen molar-refractivity contribution in [1.29, 1.82) is 0 Å². The molecule has 0 amide bonds. The summed E-state index contributed by atoms with van der Waals surface area (Å²) in [5.41, 5.74) is -0.0974. The van der Waals surface area contributed by atoms with E-state index in [1.54, 1.807) is 4.31 Å². The molecule has 1 aliphatic heterocycles. The number of rotatable bonds is 5. The van der Waals surface area contributed by atoms with Crippen LogP contribution in [0.1, 0.15) is 32.1 Å². The Morgan fingerprint density at radius 2 is 1.86 bits per heavy atom. The van der Waals surface area contributed by atoms with Crippen molar-refractivity contribution in [3.63, 3.8) is 0 Å². The van der Waals surface area contributed by atoms with Crippen LogP contribution in [0.25, 0.3) is 0 Å². The Morgan fingerprint density at radius 1 is 1.19 bits per heavy atom. The predicted molar refractivity (Wildman–Crippen MR) is 81.6 cm³/mol. The molecule has 3 fully saturated rings. The van der Waals surface area contributed by atoms with Gasteiger partial charge in [-0.05, 0) is 32.1 Å². The van der Waals surface area contributed by atoms with Crippen LogP contribution < -0.4 is 5.32 Å². The minimum Gasteiger partial charge on any atom is -0.394 e. The third-order valence-electron chi connectivity index (χ3n) is 5.23. The van der Waals surface area contributed by atoms with E-state index >= 15 is 0 Å². The summed E-state index contributed by atoms with van der Waals surface area (Å²) in [4.78, 5) is 2.41. The first-order valence-electron chi connectivity index (χ1n) is 8.00. The molecule has 0 aromatic heterocycles. The van der Waals surface area contributed by atoms with Crippen LogP contribution in [-0.4, -0.2) is 79.4 Å². The zero-order valence-electron chi connectivity index (χ0n) is 12.8. The highest BCUT2D eigenvalue weighted by Crippen LogP contribution is 2.36. The highest BCUT2D eigenvalue weighted by atomic mass is 32.2. The first-order chi connectivity index (χ1) is 9.92. The summed E-state index contributed by atoms with van der Waals surface area (Å²) >= 11 is 0. The maximum atomic E-state index is 11.6. The fourth-order valence-corrected chi connectivity index (χ4v) is 4.62. The SMILES string of the molecule is CS(=O)(=O)N1CCN(C2CCC(CO)(NC3CC3)C2)CC1. The molecule has 0 aromatic rings. The molecule has 0 spiro atoms. The molecule has 2 unspecified atom stereocenters. The average molecular weight is 317 g/mol. The summed E-state index contributed by atoms with van der Waals surface area (Å²) < 4.78 is 24.7. The largest absolute Gasteiger partial charge is 0.394 e. The Hall–Kier alpha value is -0.210. The van der Waals surface area contributed by atoms with E-state index in [1.165, 1.54) is 19.1 Å². The second-order valence-corrected chi connectivity index (χ2v) is 8.93. The van der Waals surface area contributed by atoms with Crippen molar-refractivity contribution < 1.29 is 13.5 Å². The van der Waals surface area contributed by atoms with Crippen molar-refractivity contribution in [1.82, 2.24) is 14.5 Å². The molecule has 7 heteroatoms. The number of hydrogen-bond donors (Lipinski definition) is 2. The Kier molecular flexibility index (Phi) is 4.31. The molecule has 3 rings (SSSR count). The van der Waals surface area contributed by atoms with E-state index in [2.05, 4.69) is 10.2 Å². The van der Waals surface area contributed by atoms with Gasteiger partial charge >= 0.3 is 0 Å². The van der Waals surface area contributed by atoms with E-state index in [0.29, 0.717) is 25.2 Å². The smallest absolute Gasteiger partial charge is 0.211 e. The third kappa shape index (κ3) is 3.59. The van der Waals surface area contributed by atoms with Gasteiger partial charge in [-0.3, -0.25) is 4.90 Å². The lowest BCUT2D eigenvalue weighted by molar-refractivity contribution is 0.117. The van der Waals surface area contributed by atoms with E-state index in [-0.39, 0.29) is 12.1 Å². The van der Waals surface area contributed by atoms with Crippen molar-refractivity contribution in [2.45, 2.75) is 49.7 Å². The fraction of sp³-hybridized carbons (Fsp3) is 1.00. The van der Waals surface area contributed by atoms with Crippen LogP contribution in [0.5, 0.6) is 0 Å². The third-order valence-corrected chi connectivity index (χ3v) is 6.53. The number of sulfonamides is 1. The monoisotopic (exact) mass is 317 g/mol. The first kappa shape index (κ1) is 15.7. The maximum absolute atomic E-state index is 11.6. The normalized spacial score (nSPS) is 36.2. The van der Waals surface area contributed by atoms with Gasteiger partial charge in [-0.2, -0.15) is 4.31 Å². The molecular weight excluding hydrogens is 290 g/mol. The Balaban J connectivity index is 1.54. The van der Waals surface area contributed by atoms with Crippen LogP contribution in [-0.2, 0) is 10.0 Å². The quantitative estimate of drug-likeness (QED) is 0.722. The van der Waals surface area contributed by atoms with Crippen LogP contribution >= 0.6 is 0 Å². The van der Waals surface area contributed by atoms with Crippen molar-refractivity contribution in [2.75, 3.05) is 39.0 Å². The fourth-order valence-electron chi connectivity index (χ4n) is 3.79. The zero-order chi connectivity index (χ0) is 15.1. The minimum absolute atomic E-state index is 0.0974. The first-order valence-corrected chi connectivity index (χ1v) is 9.84. The van der Waals surface area contributed by atoms with Gasteiger partial charge in [0.15, 0.2) is 0 Å². The number of aliphatic hydroxyl groups excluding tert-OH is 1. The number of aliphatic hydroxyl groups is 1. The lowest BCUT2D eigenvalue weighted by Gasteiger charge is -2.38. The molecule has 0 radical (unpaired) electrons. The average Bonchev–Trinajstić information content (AvgIpc) is 3.15.